The van der Waals surface area contributed by atoms with E-state index in [-0.39, 0.29) is 6.42 Å². The van der Waals surface area contributed by atoms with Gasteiger partial charge in [-0.15, -0.1) is 11.8 Å². The third kappa shape index (κ3) is 6.46. The summed E-state index contributed by atoms with van der Waals surface area (Å²) in [6.07, 6.45) is -0.174. The molecule has 0 fully saturated rings. The molecule has 0 saturated carbocycles. The van der Waals surface area contributed by atoms with Gasteiger partial charge < -0.3 is 5.11 Å². The number of aliphatic carboxylic acids is 1. The van der Waals surface area contributed by atoms with Crippen LogP contribution >= 0.6 is 0 Å². The molecule has 0 radical (unpaired) electrons. The lowest BCUT2D eigenvalue weighted by molar-refractivity contribution is -0.145. The molecule has 0 aromatic heterocycles. The van der Waals surface area contributed by atoms with Crippen LogP contribution in [0.2, 0.25) is 0 Å². The zero-order valence-corrected chi connectivity index (χ0v) is 8.80. The van der Waals surface area contributed by atoms with Crippen molar-refractivity contribution in [2.24, 2.45) is 0 Å². The summed E-state index contributed by atoms with van der Waals surface area (Å²) in [6.45, 7) is 1.62. The topological polar surface area (TPSA) is 80.7 Å². The van der Waals surface area contributed by atoms with Gasteiger partial charge in [0.15, 0.2) is 6.10 Å². The second kappa shape index (κ2) is 5.62. The van der Waals surface area contributed by atoms with E-state index in [1.165, 1.54) is 0 Å². The van der Waals surface area contributed by atoms with Crippen LogP contribution < -0.4 is 0 Å². The Labute approximate surface area is 83.2 Å². The fourth-order valence-electron chi connectivity index (χ4n) is 0.752. The average molecular weight is 220 g/mol. The molecule has 14 heavy (non-hydrogen) atoms. The Morgan fingerprint density at radius 3 is 2.50 bits per heavy atom. The first-order valence-corrected chi connectivity index (χ1v) is 5.69. The van der Waals surface area contributed by atoms with E-state index in [0.717, 1.165) is 6.26 Å². The average Bonchev–Trinajstić information content (AvgIpc) is 2.00. The molecule has 0 aliphatic rings. The second-order valence-electron chi connectivity index (χ2n) is 2.59. The highest BCUT2D eigenvalue weighted by molar-refractivity contribution is 7.86. The molecule has 0 saturated heterocycles. The molecule has 0 aliphatic carbocycles. The normalized spacial score (nSPS) is 12.7. The zero-order valence-electron chi connectivity index (χ0n) is 7.98. The molecule has 0 aliphatic heterocycles. The van der Waals surface area contributed by atoms with E-state index in [4.69, 9.17) is 5.11 Å². The summed E-state index contributed by atoms with van der Waals surface area (Å²) < 4.78 is 25.7. The molecule has 6 heteroatoms. The zero-order chi connectivity index (χ0) is 11.2. The molecular formula is C8H12O5S. The van der Waals surface area contributed by atoms with E-state index in [2.05, 4.69) is 16.0 Å². The monoisotopic (exact) mass is 220 g/mol. The molecule has 1 unspecified atom stereocenters. The minimum atomic E-state index is -3.73. The Kier molecular flexibility index (Phi) is 5.20. The highest BCUT2D eigenvalue weighted by Crippen LogP contribution is 2.05. The van der Waals surface area contributed by atoms with Crippen LogP contribution in [0, 0.1) is 11.8 Å². The van der Waals surface area contributed by atoms with Gasteiger partial charge in [0.05, 0.1) is 6.26 Å². The first kappa shape index (κ1) is 12.9. The lowest BCUT2D eigenvalue weighted by atomic mass is 10.2. The third-order valence-corrected chi connectivity index (χ3v) is 1.86. The Morgan fingerprint density at radius 2 is 2.14 bits per heavy atom. The van der Waals surface area contributed by atoms with Crippen molar-refractivity contribution in [2.75, 3.05) is 6.26 Å². The molecule has 1 N–H and O–H groups in total. The number of rotatable bonds is 5. The summed E-state index contributed by atoms with van der Waals surface area (Å²) in [5.74, 6) is 3.91. The Morgan fingerprint density at radius 1 is 1.57 bits per heavy atom. The van der Waals surface area contributed by atoms with Crippen LogP contribution in [0.25, 0.3) is 0 Å². The summed E-state index contributed by atoms with van der Waals surface area (Å²) in [5.41, 5.74) is 0. The number of carbonyl (C=O) groups is 1. The van der Waals surface area contributed by atoms with Crippen molar-refractivity contribution >= 4 is 16.1 Å². The lowest BCUT2D eigenvalue weighted by Gasteiger charge is -2.09. The van der Waals surface area contributed by atoms with Crippen molar-refractivity contribution in [3.63, 3.8) is 0 Å². The van der Waals surface area contributed by atoms with Gasteiger partial charge >= 0.3 is 5.97 Å². The Balaban J connectivity index is 4.29. The van der Waals surface area contributed by atoms with Gasteiger partial charge in [0.25, 0.3) is 10.1 Å². The van der Waals surface area contributed by atoms with Gasteiger partial charge in [-0.2, -0.15) is 8.42 Å². The molecule has 1 atom stereocenters. The minimum Gasteiger partial charge on any atom is -0.479 e. The summed E-state index contributed by atoms with van der Waals surface area (Å²) in [7, 11) is -3.73. The van der Waals surface area contributed by atoms with Crippen LogP contribution in [-0.4, -0.2) is 31.9 Å². The van der Waals surface area contributed by atoms with Crippen LogP contribution in [0.15, 0.2) is 0 Å². The van der Waals surface area contributed by atoms with Gasteiger partial charge in [-0.3, -0.25) is 4.18 Å². The van der Waals surface area contributed by atoms with Gasteiger partial charge in [-0.05, 0) is 13.3 Å². The van der Waals surface area contributed by atoms with Gasteiger partial charge in [0.1, 0.15) is 0 Å². The lowest BCUT2D eigenvalue weighted by Crippen LogP contribution is -2.26. The molecule has 0 amide bonds. The number of carboxylic acid groups (broad SMARTS) is 1. The maximum Gasteiger partial charge on any atom is 0.334 e. The molecule has 0 spiro atoms. The third-order valence-electron chi connectivity index (χ3n) is 1.27. The molecule has 5 nitrogen and oxygen atoms in total. The number of carboxylic acids is 1. The highest BCUT2D eigenvalue weighted by Gasteiger charge is 2.22. The predicted molar refractivity (Wildman–Crippen MR) is 50.0 cm³/mol. The maximum atomic E-state index is 10.7. The van der Waals surface area contributed by atoms with Crippen molar-refractivity contribution in [3.05, 3.63) is 0 Å². The fourth-order valence-corrected chi connectivity index (χ4v) is 1.35. The SMILES string of the molecule is CC#CCCC(OS(C)(=O)=O)C(=O)O. The van der Waals surface area contributed by atoms with Crippen LogP contribution in [0.3, 0.4) is 0 Å². The van der Waals surface area contributed by atoms with E-state index in [0.29, 0.717) is 6.42 Å². The summed E-state index contributed by atoms with van der Waals surface area (Å²) in [4.78, 5) is 10.5. The first-order valence-electron chi connectivity index (χ1n) is 3.87. The second-order valence-corrected chi connectivity index (χ2v) is 4.19. The Hall–Kier alpha value is -1.06. The van der Waals surface area contributed by atoms with E-state index >= 15 is 0 Å². The van der Waals surface area contributed by atoms with Crippen LogP contribution in [0.4, 0.5) is 0 Å². The molecule has 0 rings (SSSR count). The van der Waals surface area contributed by atoms with Crippen molar-refractivity contribution in [1.82, 2.24) is 0 Å². The van der Waals surface area contributed by atoms with Crippen molar-refractivity contribution in [2.45, 2.75) is 25.9 Å². The number of hydrogen-bond donors (Lipinski definition) is 1. The van der Waals surface area contributed by atoms with Gasteiger partial charge in [0.2, 0.25) is 0 Å². The summed E-state index contributed by atoms with van der Waals surface area (Å²) in [5, 5.41) is 8.60. The summed E-state index contributed by atoms with van der Waals surface area (Å²) in [6, 6.07) is 0. The highest BCUT2D eigenvalue weighted by atomic mass is 32.2. The molecule has 0 aromatic rings. The predicted octanol–water partition coefficient (Wildman–Crippen LogP) is 0.219. The van der Waals surface area contributed by atoms with Crippen LogP contribution in [0.5, 0.6) is 0 Å². The Bertz CT molecular complexity index is 346. The van der Waals surface area contributed by atoms with Crippen LogP contribution in [-0.2, 0) is 19.1 Å². The van der Waals surface area contributed by atoms with E-state index in [9.17, 15) is 13.2 Å². The quantitative estimate of drug-likeness (QED) is 0.529. The standard InChI is InChI=1S/C8H12O5S/c1-3-4-5-6-7(8(9)10)13-14(2,11)12/h7H,5-6H2,1-2H3,(H,9,10). The summed E-state index contributed by atoms with van der Waals surface area (Å²) >= 11 is 0. The molecule has 0 heterocycles. The smallest absolute Gasteiger partial charge is 0.334 e. The van der Waals surface area contributed by atoms with Gasteiger partial charge in [-0.1, -0.05) is 0 Å². The van der Waals surface area contributed by atoms with Crippen molar-refractivity contribution in [1.29, 1.82) is 0 Å². The first-order chi connectivity index (χ1) is 6.37. The molecule has 80 valence electrons. The van der Waals surface area contributed by atoms with Crippen molar-refractivity contribution < 1.29 is 22.5 Å². The minimum absolute atomic E-state index is 0.0588. The number of hydrogen-bond acceptors (Lipinski definition) is 4. The van der Waals surface area contributed by atoms with Gasteiger partial charge in [-0.25, -0.2) is 4.79 Å². The fraction of sp³-hybridized carbons (Fsp3) is 0.625. The maximum absolute atomic E-state index is 10.7. The van der Waals surface area contributed by atoms with Crippen LogP contribution in [0.1, 0.15) is 19.8 Å². The van der Waals surface area contributed by atoms with Crippen molar-refractivity contribution in [3.8, 4) is 11.8 Å². The van der Waals surface area contributed by atoms with Gasteiger partial charge in [0, 0.05) is 6.42 Å². The largest absolute Gasteiger partial charge is 0.479 e. The molecular weight excluding hydrogens is 208 g/mol. The van der Waals surface area contributed by atoms with E-state index in [1.54, 1.807) is 6.92 Å². The van der Waals surface area contributed by atoms with E-state index < -0.39 is 22.2 Å². The van der Waals surface area contributed by atoms with E-state index in [1.807, 2.05) is 0 Å². The molecule has 0 aromatic carbocycles. The molecule has 0 bridgehead atoms.